The molecular weight excluding hydrogens is 216 g/mol. The average molecular weight is 236 g/mol. The molecule has 1 aromatic rings. The number of hydrogen-bond donors (Lipinski definition) is 0. The standard InChI is InChI=1S/C14H20O3/c1-4-5-6-7-13(15)12-10-11(16-2)8-9-14(12)17-3/h8-10H,4-7H2,1-3H3. The Morgan fingerprint density at radius 3 is 2.53 bits per heavy atom. The van der Waals surface area contributed by atoms with E-state index in [2.05, 4.69) is 6.92 Å². The Morgan fingerprint density at radius 2 is 1.94 bits per heavy atom. The molecule has 0 unspecified atom stereocenters. The van der Waals surface area contributed by atoms with Gasteiger partial charge in [-0.2, -0.15) is 0 Å². The van der Waals surface area contributed by atoms with Crippen molar-refractivity contribution in [2.24, 2.45) is 0 Å². The van der Waals surface area contributed by atoms with E-state index in [1.165, 1.54) is 0 Å². The lowest BCUT2D eigenvalue weighted by Gasteiger charge is -2.09. The minimum Gasteiger partial charge on any atom is -0.497 e. The van der Waals surface area contributed by atoms with E-state index < -0.39 is 0 Å². The molecule has 0 amide bonds. The SMILES string of the molecule is CCCCCC(=O)c1cc(OC)ccc1OC. The Bertz CT molecular complexity index is 372. The minimum atomic E-state index is 0.120. The molecule has 0 aromatic heterocycles. The first-order valence-corrected chi connectivity index (χ1v) is 5.98. The molecule has 3 heteroatoms. The van der Waals surface area contributed by atoms with Gasteiger partial charge in [-0.1, -0.05) is 19.8 Å². The van der Waals surface area contributed by atoms with Gasteiger partial charge in [0.2, 0.25) is 0 Å². The summed E-state index contributed by atoms with van der Waals surface area (Å²) in [5.41, 5.74) is 0.614. The zero-order chi connectivity index (χ0) is 12.7. The van der Waals surface area contributed by atoms with Crippen molar-refractivity contribution in [3.63, 3.8) is 0 Å². The summed E-state index contributed by atoms with van der Waals surface area (Å²) < 4.78 is 10.3. The lowest BCUT2D eigenvalue weighted by Crippen LogP contribution is -2.02. The Morgan fingerprint density at radius 1 is 1.18 bits per heavy atom. The Balaban J connectivity index is 2.82. The van der Waals surface area contributed by atoms with Crippen molar-refractivity contribution in [3.8, 4) is 11.5 Å². The summed E-state index contributed by atoms with van der Waals surface area (Å²) >= 11 is 0. The van der Waals surface area contributed by atoms with Crippen LogP contribution in [0.1, 0.15) is 43.0 Å². The van der Waals surface area contributed by atoms with Crippen LogP contribution in [0.4, 0.5) is 0 Å². The number of ether oxygens (including phenoxy) is 2. The molecule has 94 valence electrons. The number of carbonyl (C=O) groups is 1. The van der Waals surface area contributed by atoms with Gasteiger partial charge in [0.1, 0.15) is 11.5 Å². The second kappa shape index (κ2) is 6.94. The summed E-state index contributed by atoms with van der Waals surface area (Å²) in [5.74, 6) is 1.42. The molecule has 1 aromatic carbocycles. The molecule has 3 nitrogen and oxygen atoms in total. The lowest BCUT2D eigenvalue weighted by atomic mass is 10.0. The largest absolute Gasteiger partial charge is 0.497 e. The Kier molecular flexibility index (Phi) is 5.53. The number of rotatable bonds is 7. The molecule has 17 heavy (non-hydrogen) atoms. The highest BCUT2D eigenvalue weighted by Gasteiger charge is 2.12. The van der Waals surface area contributed by atoms with Gasteiger partial charge in [0, 0.05) is 6.42 Å². The van der Waals surface area contributed by atoms with Gasteiger partial charge in [-0.05, 0) is 24.6 Å². The van der Waals surface area contributed by atoms with Gasteiger partial charge in [-0.25, -0.2) is 0 Å². The molecule has 0 N–H and O–H groups in total. The number of ketones is 1. The normalized spacial score (nSPS) is 10.1. The van der Waals surface area contributed by atoms with E-state index in [9.17, 15) is 4.79 Å². The molecule has 0 saturated heterocycles. The molecule has 0 heterocycles. The van der Waals surface area contributed by atoms with Gasteiger partial charge < -0.3 is 9.47 Å². The first-order valence-electron chi connectivity index (χ1n) is 5.98. The first kappa shape index (κ1) is 13.6. The maximum Gasteiger partial charge on any atom is 0.166 e. The first-order chi connectivity index (χ1) is 8.22. The molecule has 0 atom stereocenters. The van der Waals surface area contributed by atoms with Crippen LogP contribution in [0.5, 0.6) is 11.5 Å². The number of unbranched alkanes of at least 4 members (excludes halogenated alkanes) is 2. The fourth-order valence-corrected chi connectivity index (χ4v) is 1.70. The van der Waals surface area contributed by atoms with Crippen molar-refractivity contribution < 1.29 is 14.3 Å². The van der Waals surface area contributed by atoms with Gasteiger partial charge in [-0.3, -0.25) is 4.79 Å². The third kappa shape index (κ3) is 3.77. The van der Waals surface area contributed by atoms with Crippen LogP contribution < -0.4 is 9.47 Å². The molecule has 0 radical (unpaired) electrons. The third-order valence-electron chi connectivity index (χ3n) is 2.71. The van der Waals surface area contributed by atoms with Crippen molar-refractivity contribution in [2.45, 2.75) is 32.6 Å². The van der Waals surface area contributed by atoms with Crippen molar-refractivity contribution in [1.29, 1.82) is 0 Å². The van der Waals surface area contributed by atoms with E-state index in [1.54, 1.807) is 32.4 Å². The van der Waals surface area contributed by atoms with Crippen LogP contribution in [0.15, 0.2) is 18.2 Å². The van der Waals surface area contributed by atoms with E-state index in [0.717, 1.165) is 19.3 Å². The zero-order valence-electron chi connectivity index (χ0n) is 10.8. The summed E-state index contributed by atoms with van der Waals surface area (Å²) in [4.78, 5) is 12.0. The fraction of sp³-hybridized carbons (Fsp3) is 0.500. The average Bonchev–Trinajstić information content (AvgIpc) is 2.38. The Labute approximate surface area is 103 Å². The topological polar surface area (TPSA) is 35.5 Å². The molecule has 0 saturated carbocycles. The molecule has 0 aliphatic carbocycles. The van der Waals surface area contributed by atoms with E-state index in [-0.39, 0.29) is 5.78 Å². The number of hydrogen-bond acceptors (Lipinski definition) is 3. The maximum atomic E-state index is 12.0. The van der Waals surface area contributed by atoms with Gasteiger partial charge in [0.05, 0.1) is 19.8 Å². The highest BCUT2D eigenvalue weighted by Crippen LogP contribution is 2.25. The molecule has 0 aliphatic heterocycles. The molecule has 0 fully saturated rings. The predicted molar refractivity (Wildman–Crippen MR) is 68.0 cm³/mol. The van der Waals surface area contributed by atoms with Gasteiger partial charge in [-0.15, -0.1) is 0 Å². The second-order valence-corrected chi connectivity index (χ2v) is 3.95. The summed E-state index contributed by atoms with van der Waals surface area (Å²) in [6.45, 7) is 2.12. The van der Waals surface area contributed by atoms with Crippen molar-refractivity contribution in [2.75, 3.05) is 14.2 Å². The fourth-order valence-electron chi connectivity index (χ4n) is 1.70. The van der Waals surface area contributed by atoms with Gasteiger partial charge in [0.25, 0.3) is 0 Å². The summed E-state index contributed by atoms with van der Waals surface area (Å²) in [6, 6.07) is 5.31. The maximum absolute atomic E-state index is 12.0. The monoisotopic (exact) mass is 236 g/mol. The quantitative estimate of drug-likeness (QED) is 0.537. The van der Waals surface area contributed by atoms with Crippen LogP contribution in [-0.2, 0) is 0 Å². The lowest BCUT2D eigenvalue weighted by molar-refractivity contribution is 0.0976. The van der Waals surface area contributed by atoms with Crippen LogP contribution in [0.2, 0.25) is 0 Å². The van der Waals surface area contributed by atoms with Crippen LogP contribution in [0.3, 0.4) is 0 Å². The molecular formula is C14H20O3. The van der Waals surface area contributed by atoms with Crippen LogP contribution in [0.25, 0.3) is 0 Å². The van der Waals surface area contributed by atoms with Crippen molar-refractivity contribution >= 4 is 5.78 Å². The van der Waals surface area contributed by atoms with Crippen LogP contribution in [0, 0.1) is 0 Å². The predicted octanol–water partition coefficient (Wildman–Crippen LogP) is 3.47. The molecule has 1 rings (SSSR count). The van der Waals surface area contributed by atoms with E-state index in [1.807, 2.05) is 0 Å². The third-order valence-corrected chi connectivity index (χ3v) is 2.71. The highest BCUT2D eigenvalue weighted by molar-refractivity contribution is 5.99. The summed E-state index contributed by atoms with van der Waals surface area (Å²) in [6.07, 6.45) is 3.69. The van der Waals surface area contributed by atoms with Crippen LogP contribution >= 0.6 is 0 Å². The second-order valence-electron chi connectivity index (χ2n) is 3.95. The molecule has 0 bridgehead atoms. The number of methoxy groups -OCH3 is 2. The number of benzene rings is 1. The van der Waals surface area contributed by atoms with E-state index >= 15 is 0 Å². The summed E-state index contributed by atoms with van der Waals surface area (Å²) in [7, 11) is 3.16. The number of carbonyl (C=O) groups excluding carboxylic acids is 1. The van der Waals surface area contributed by atoms with E-state index in [4.69, 9.17) is 9.47 Å². The van der Waals surface area contributed by atoms with E-state index in [0.29, 0.717) is 23.5 Å². The zero-order valence-corrected chi connectivity index (χ0v) is 10.8. The number of Topliss-reactive ketones (excluding diaryl/α,β-unsaturated/α-hetero) is 1. The van der Waals surface area contributed by atoms with Gasteiger partial charge in [0.15, 0.2) is 5.78 Å². The molecule has 0 spiro atoms. The minimum absolute atomic E-state index is 0.120. The summed E-state index contributed by atoms with van der Waals surface area (Å²) in [5, 5.41) is 0. The van der Waals surface area contributed by atoms with Crippen molar-refractivity contribution in [3.05, 3.63) is 23.8 Å². The Hall–Kier alpha value is -1.51. The smallest absolute Gasteiger partial charge is 0.166 e. The molecule has 0 aliphatic rings. The van der Waals surface area contributed by atoms with Crippen molar-refractivity contribution in [1.82, 2.24) is 0 Å². The highest BCUT2D eigenvalue weighted by atomic mass is 16.5. The van der Waals surface area contributed by atoms with Gasteiger partial charge >= 0.3 is 0 Å². The van der Waals surface area contributed by atoms with Crippen LogP contribution in [-0.4, -0.2) is 20.0 Å².